The second-order valence-corrected chi connectivity index (χ2v) is 5.18. The summed E-state index contributed by atoms with van der Waals surface area (Å²) in [4.78, 5) is 11.6. The Morgan fingerprint density at radius 1 is 1.42 bits per heavy atom. The monoisotopic (exact) mass is 301 g/mol. The minimum absolute atomic E-state index is 0.135. The molecule has 19 heavy (non-hydrogen) atoms. The van der Waals surface area contributed by atoms with Crippen molar-refractivity contribution in [3.63, 3.8) is 0 Å². The van der Waals surface area contributed by atoms with Crippen LogP contribution in [0.4, 0.5) is 0 Å². The highest BCUT2D eigenvalue weighted by molar-refractivity contribution is 6.42. The van der Waals surface area contributed by atoms with Crippen LogP contribution < -0.4 is 5.32 Å². The van der Waals surface area contributed by atoms with Crippen LogP contribution in [-0.2, 0) is 4.79 Å². The van der Waals surface area contributed by atoms with Gasteiger partial charge in [-0.3, -0.25) is 4.79 Å². The summed E-state index contributed by atoms with van der Waals surface area (Å²) < 4.78 is 0. The number of carbonyl (C=O) groups is 1. The van der Waals surface area contributed by atoms with E-state index in [9.17, 15) is 4.79 Å². The van der Waals surface area contributed by atoms with Crippen molar-refractivity contribution in [1.82, 2.24) is 5.32 Å². The van der Waals surface area contributed by atoms with Crippen molar-refractivity contribution >= 4 is 35.2 Å². The van der Waals surface area contributed by atoms with Gasteiger partial charge in [0.1, 0.15) is 0 Å². The highest BCUT2D eigenvalue weighted by atomic mass is 35.5. The molecule has 0 radical (unpaired) electrons. The second kappa shape index (κ2) is 8.20. The van der Waals surface area contributed by atoms with Gasteiger partial charge in [-0.25, -0.2) is 0 Å². The first-order valence-electron chi connectivity index (χ1n) is 6.04. The van der Waals surface area contributed by atoms with Gasteiger partial charge < -0.3 is 10.4 Å². The fourth-order valence-corrected chi connectivity index (χ4v) is 1.75. The molecule has 1 rings (SSSR count). The van der Waals surface area contributed by atoms with Gasteiger partial charge in [-0.2, -0.15) is 0 Å². The maximum absolute atomic E-state index is 11.6. The highest BCUT2D eigenvalue weighted by Gasteiger charge is 2.03. The lowest BCUT2D eigenvalue weighted by molar-refractivity contribution is -0.116. The van der Waals surface area contributed by atoms with Crippen LogP contribution in [0.5, 0.6) is 0 Å². The molecule has 0 spiro atoms. The predicted molar refractivity (Wildman–Crippen MR) is 79.4 cm³/mol. The SMILES string of the molecule is CC(CCO)CNC(=O)C=Cc1ccc(Cl)c(Cl)c1. The molecule has 0 aromatic heterocycles. The van der Waals surface area contributed by atoms with Crippen molar-refractivity contribution in [1.29, 1.82) is 0 Å². The summed E-state index contributed by atoms with van der Waals surface area (Å²) in [5.74, 6) is 0.0863. The Morgan fingerprint density at radius 2 is 2.16 bits per heavy atom. The Bertz CT molecular complexity index is 461. The van der Waals surface area contributed by atoms with E-state index in [4.69, 9.17) is 28.3 Å². The molecule has 2 N–H and O–H groups in total. The topological polar surface area (TPSA) is 49.3 Å². The number of carbonyl (C=O) groups excluding carboxylic acids is 1. The smallest absolute Gasteiger partial charge is 0.244 e. The number of halogens is 2. The van der Waals surface area contributed by atoms with E-state index < -0.39 is 0 Å². The molecule has 5 heteroatoms. The summed E-state index contributed by atoms with van der Waals surface area (Å²) >= 11 is 11.7. The molecule has 0 aliphatic rings. The van der Waals surface area contributed by atoms with E-state index in [1.807, 2.05) is 6.92 Å². The van der Waals surface area contributed by atoms with E-state index in [1.54, 1.807) is 24.3 Å². The maximum atomic E-state index is 11.6. The zero-order chi connectivity index (χ0) is 14.3. The number of aliphatic hydroxyl groups is 1. The Hall–Kier alpha value is -1.03. The van der Waals surface area contributed by atoms with Crippen molar-refractivity contribution < 1.29 is 9.90 Å². The maximum Gasteiger partial charge on any atom is 0.244 e. The number of amides is 1. The lowest BCUT2D eigenvalue weighted by atomic mass is 10.1. The number of hydrogen-bond acceptors (Lipinski definition) is 2. The number of rotatable bonds is 6. The first-order valence-corrected chi connectivity index (χ1v) is 6.80. The number of benzene rings is 1. The Morgan fingerprint density at radius 3 is 2.79 bits per heavy atom. The van der Waals surface area contributed by atoms with Crippen LogP contribution in [0.15, 0.2) is 24.3 Å². The fraction of sp³-hybridized carbons (Fsp3) is 0.357. The van der Waals surface area contributed by atoms with Gasteiger partial charge in [0.15, 0.2) is 0 Å². The molecule has 1 atom stereocenters. The third-order valence-corrected chi connectivity index (χ3v) is 3.36. The molecule has 1 aromatic carbocycles. The van der Waals surface area contributed by atoms with E-state index in [2.05, 4.69) is 5.32 Å². The summed E-state index contributed by atoms with van der Waals surface area (Å²) in [6, 6.07) is 5.17. The van der Waals surface area contributed by atoms with Gasteiger partial charge in [0.25, 0.3) is 0 Å². The van der Waals surface area contributed by atoms with Crippen LogP contribution in [0.1, 0.15) is 18.9 Å². The van der Waals surface area contributed by atoms with E-state index in [1.165, 1.54) is 6.08 Å². The molecule has 104 valence electrons. The molecule has 0 saturated heterocycles. The minimum Gasteiger partial charge on any atom is -0.396 e. The normalized spacial score (nSPS) is 12.6. The van der Waals surface area contributed by atoms with Crippen molar-refractivity contribution in [3.05, 3.63) is 39.9 Å². The molecule has 1 unspecified atom stereocenters. The van der Waals surface area contributed by atoms with Crippen molar-refractivity contribution in [2.75, 3.05) is 13.2 Å². The van der Waals surface area contributed by atoms with Gasteiger partial charge in [-0.05, 0) is 36.1 Å². The van der Waals surface area contributed by atoms with Crippen molar-refractivity contribution in [2.24, 2.45) is 5.92 Å². The molecule has 0 bridgehead atoms. The Kier molecular flexibility index (Phi) is 6.92. The van der Waals surface area contributed by atoms with Gasteiger partial charge in [0.2, 0.25) is 5.91 Å². The third kappa shape index (κ3) is 6.10. The van der Waals surface area contributed by atoms with Gasteiger partial charge in [-0.1, -0.05) is 36.2 Å². The molecule has 0 aliphatic heterocycles. The van der Waals surface area contributed by atoms with Crippen molar-refractivity contribution in [2.45, 2.75) is 13.3 Å². The molecule has 0 fully saturated rings. The number of aliphatic hydroxyl groups excluding tert-OH is 1. The first-order chi connectivity index (χ1) is 9.02. The molecule has 1 amide bonds. The summed E-state index contributed by atoms with van der Waals surface area (Å²) in [5.41, 5.74) is 0.813. The predicted octanol–water partition coefficient (Wildman–Crippen LogP) is 3.14. The zero-order valence-corrected chi connectivity index (χ0v) is 12.2. The van der Waals surface area contributed by atoms with E-state index >= 15 is 0 Å². The molecular weight excluding hydrogens is 285 g/mol. The minimum atomic E-state index is -0.170. The summed E-state index contributed by atoms with van der Waals surface area (Å²) in [5, 5.41) is 12.5. The average molecular weight is 302 g/mol. The van der Waals surface area contributed by atoms with E-state index in [0.29, 0.717) is 23.0 Å². The Balaban J connectivity index is 2.47. The van der Waals surface area contributed by atoms with Gasteiger partial charge in [0.05, 0.1) is 10.0 Å². The summed E-state index contributed by atoms with van der Waals surface area (Å²) in [6.45, 7) is 2.65. The standard InChI is InChI=1S/C14H17Cl2NO2/c1-10(6-7-18)9-17-14(19)5-3-11-2-4-12(15)13(16)8-11/h2-5,8,10,18H,6-7,9H2,1H3,(H,17,19). The van der Waals surface area contributed by atoms with Crippen LogP contribution in [0, 0.1) is 5.92 Å². The molecule has 3 nitrogen and oxygen atoms in total. The number of nitrogens with one attached hydrogen (secondary N) is 1. The third-order valence-electron chi connectivity index (χ3n) is 2.62. The zero-order valence-electron chi connectivity index (χ0n) is 10.7. The van der Waals surface area contributed by atoms with Crippen LogP contribution in [-0.4, -0.2) is 24.2 Å². The molecular formula is C14H17Cl2NO2. The lowest BCUT2D eigenvalue weighted by Gasteiger charge is -2.09. The van der Waals surface area contributed by atoms with Crippen LogP contribution in [0.25, 0.3) is 6.08 Å². The number of hydrogen-bond donors (Lipinski definition) is 2. The molecule has 0 heterocycles. The largest absolute Gasteiger partial charge is 0.396 e. The Labute approximate surface area is 123 Å². The van der Waals surface area contributed by atoms with Gasteiger partial charge in [-0.15, -0.1) is 0 Å². The van der Waals surface area contributed by atoms with Gasteiger partial charge in [0, 0.05) is 19.2 Å². The molecule has 0 aliphatic carbocycles. The molecule has 0 saturated carbocycles. The first kappa shape index (κ1) is 16.0. The summed E-state index contributed by atoms with van der Waals surface area (Å²) in [6.07, 6.45) is 3.80. The van der Waals surface area contributed by atoms with E-state index in [0.717, 1.165) is 5.56 Å². The van der Waals surface area contributed by atoms with Crippen LogP contribution in [0.3, 0.4) is 0 Å². The van der Waals surface area contributed by atoms with Crippen LogP contribution >= 0.6 is 23.2 Å². The quantitative estimate of drug-likeness (QED) is 0.793. The van der Waals surface area contributed by atoms with Crippen LogP contribution in [0.2, 0.25) is 10.0 Å². The second-order valence-electron chi connectivity index (χ2n) is 4.37. The molecule has 1 aromatic rings. The fourth-order valence-electron chi connectivity index (χ4n) is 1.44. The van der Waals surface area contributed by atoms with Crippen molar-refractivity contribution in [3.8, 4) is 0 Å². The highest BCUT2D eigenvalue weighted by Crippen LogP contribution is 2.22. The van der Waals surface area contributed by atoms with Gasteiger partial charge >= 0.3 is 0 Å². The average Bonchev–Trinajstić information content (AvgIpc) is 2.38. The lowest BCUT2D eigenvalue weighted by Crippen LogP contribution is -2.26. The van der Waals surface area contributed by atoms with E-state index in [-0.39, 0.29) is 18.4 Å². The summed E-state index contributed by atoms with van der Waals surface area (Å²) in [7, 11) is 0.